The molecular weight excluding hydrogens is 466 g/mol. The number of rotatable bonds is 8. The summed E-state index contributed by atoms with van der Waals surface area (Å²) in [4.78, 5) is 27.4. The third-order valence-electron chi connectivity index (χ3n) is 6.58. The molecule has 7 nitrogen and oxygen atoms in total. The minimum atomic E-state index is 0.522. The van der Waals surface area contributed by atoms with Crippen LogP contribution < -0.4 is 4.74 Å². The van der Waals surface area contributed by atoms with Crippen molar-refractivity contribution < 1.29 is 18.7 Å². The molecular formula is C30H43N3O4. The maximum Gasteiger partial charge on any atom is 0.209 e. The monoisotopic (exact) mass is 509 g/mol. The lowest BCUT2D eigenvalue weighted by molar-refractivity contribution is -0.117. The van der Waals surface area contributed by atoms with Crippen molar-refractivity contribution in [3.8, 4) is 5.75 Å². The summed E-state index contributed by atoms with van der Waals surface area (Å²) in [7, 11) is 5.66. The van der Waals surface area contributed by atoms with Gasteiger partial charge in [-0.3, -0.25) is 14.5 Å². The molecule has 0 N–H and O–H groups in total. The molecule has 7 heteroatoms. The summed E-state index contributed by atoms with van der Waals surface area (Å²) >= 11 is 0. The number of carbonyl (C=O) groups is 2. The third-order valence-corrected chi connectivity index (χ3v) is 6.58. The summed E-state index contributed by atoms with van der Waals surface area (Å²) in [6, 6.07) is 16.0. The van der Waals surface area contributed by atoms with Crippen LogP contribution in [-0.4, -0.2) is 87.4 Å². The summed E-state index contributed by atoms with van der Waals surface area (Å²) in [5, 5.41) is 1.09. The minimum Gasteiger partial charge on any atom is -0.493 e. The van der Waals surface area contributed by atoms with Gasteiger partial charge in [-0.2, -0.15) is 0 Å². The van der Waals surface area contributed by atoms with Crippen molar-refractivity contribution in [2.24, 2.45) is 0 Å². The largest absolute Gasteiger partial charge is 0.493 e. The number of furan rings is 1. The Hall–Kier alpha value is -3.16. The molecule has 4 rings (SSSR count). The van der Waals surface area contributed by atoms with E-state index in [-0.39, 0.29) is 0 Å². The van der Waals surface area contributed by atoms with Crippen molar-refractivity contribution in [1.82, 2.24) is 14.7 Å². The highest BCUT2D eigenvalue weighted by atomic mass is 16.5. The van der Waals surface area contributed by atoms with E-state index in [9.17, 15) is 9.59 Å². The number of fused-ring (bicyclic) bond motifs is 1. The fourth-order valence-electron chi connectivity index (χ4n) is 4.22. The van der Waals surface area contributed by atoms with Crippen molar-refractivity contribution >= 4 is 23.7 Å². The number of amides is 1. The molecule has 0 saturated carbocycles. The standard InChI is InChI=1S/C11H23N3O.C10H10O2.C9H10O/c1-4-11(9-13(3)10-15)14-7-5-12(2)6-8-14;1-7-6-8-4-3-5-9(11-2)10(8)12-7;1-2-8-3-5-9(7-10)6-4-8/h10-11H,4-9H2,1-3H3;3-6H,1-2H3;3-7H,2H2,1H3. The maximum atomic E-state index is 10.6. The van der Waals surface area contributed by atoms with Crippen LogP contribution in [0.25, 0.3) is 11.0 Å². The predicted molar refractivity (Wildman–Crippen MR) is 151 cm³/mol. The number of methoxy groups -OCH3 is 1. The van der Waals surface area contributed by atoms with Gasteiger partial charge in [0.15, 0.2) is 11.3 Å². The molecule has 1 fully saturated rings. The van der Waals surface area contributed by atoms with Gasteiger partial charge in [0.05, 0.1) is 7.11 Å². The molecule has 2 aromatic carbocycles. The predicted octanol–water partition coefficient (Wildman–Crippen LogP) is 4.91. The zero-order chi connectivity index (χ0) is 27.2. The first-order valence-corrected chi connectivity index (χ1v) is 13.0. The molecule has 1 atom stereocenters. The van der Waals surface area contributed by atoms with Crippen molar-refractivity contribution in [2.75, 3.05) is 53.9 Å². The second-order valence-corrected chi connectivity index (χ2v) is 9.39. The Balaban J connectivity index is 0.000000199. The molecule has 1 aliphatic rings. The molecule has 0 radical (unpaired) electrons. The van der Waals surface area contributed by atoms with Crippen molar-refractivity contribution in [1.29, 1.82) is 0 Å². The lowest BCUT2D eigenvalue weighted by Crippen LogP contribution is -2.51. The number of carbonyl (C=O) groups excluding carboxylic acids is 2. The summed E-state index contributed by atoms with van der Waals surface area (Å²) < 4.78 is 10.6. The fourth-order valence-corrected chi connectivity index (χ4v) is 4.22. The number of aryl methyl sites for hydroxylation is 2. The van der Waals surface area contributed by atoms with Crippen LogP contribution in [-0.2, 0) is 11.2 Å². The highest BCUT2D eigenvalue weighted by Crippen LogP contribution is 2.27. The van der Waals surface area contributed by atoms with Gasteiger partial charge in [-0.25, -0.2) is 0 Å². The first-order valence-electron chi connectivity index (χ1n) is 13.0. The number of para-hydroxylation sites is 1. The quantitative estimate of drug-likeness (QED) is 0.402. The Labute approximate surface area is 222 Å². The highest BCUT2D eigenvalue weighted by Gasteiger charge is 2.21. The van der Waals surface area contributed by atoms with Gasteiger partial charge in [-0.05, 0) is 44.5 Å². The summed E-state index contributed by atoms with van der Waals surface area (Å²) in [6.07, 6.45) is 3.92. The lowest BCUT2D eigenvalue weighted by Gasteiger charge is -2.38. The first-order chi connectivity index (χ1) is 17.8. The Morgan fingerprint density at radius 1 is 1.05 bits per heavy atom. The van der Waals surface area contributed by atoms with E-state index in [0.717, 1.165) is 86.3 Å². The maximum absolute atomic E-state index is 10.6. The van der Waals surface area contributed by atoms with Gasteiger partial charge < -0.3 is 19.0 Å². The van der Waals surface area contributed by atoms with Crippen LogP contribution in [0.1, 0.15) is 41.9 Å². The molecule has 1 aromatic heterocycles. The third kappa shape index (κ3) is 9.67. The number of nitrogens with zero attached hydrogens (tertiary/aromatic N) is 3. The SMILES string of the molecule is CCC(CN(C)C=O)N1CCN(C)CC1.CCc1ccc(C=O)cc1.COc1cccc2cc(C)oc12. The van der Waals surface area contributed by atoms with E-state index in [1.165, 1.54) is 5.56 Å². The second kappa shape index (κ2) is 15.8. The van der Waals surface area contributed by atoms with Gasteiger partial charge in [0.2, 0.25) is 6.41 Å². The van der Waals surface area contributed by atoms with E-state index < -0.39 is 0 Å². The van der Waals surface area contributed by atoms with Crippen molar-refractivity contribution in [2.45, 2.75) is 39.7 Å². The van der Waals surface area contributed by atoms with Gasteiger partial charge in [-0.1, -0.05) is 50.2 Å². The van der Waals surface area contributed by atoms with Crippen LogP contribution in [0.3, 0.4) is 0 Å². The van der Waals surface area contributed by atoms with Gasteiger partial charge in [0, 0.05) is 56.8 Å². The number of likely N-dealkylation sites (N-methyl/N-ethyl adjacent to an activating group) is 2. The average molecular weight is 510 g/mol. The van der Waals surface area contributed by atoms with E-state index in [4.69, 9.17) is 9.15 Å². The highest BCUT2D eigenvalue weighted by molar-refractivity contribution is 5.83. The number of piperazine rings is 1. The fraction of sp³-hybridized carbons (Fsp3) is 0.467. The molecule has 3 aromatic rings. The zero-order valence-corrected chi connectivity index (χ0v) is 23.3. The molecule has 1 unspecified atom stereocenters. The van der Waals surface area contributed by atoms with Crippen LogP contribution in [0.15, 0.2) is 52.9 Å². The van der Waals surface area contributed by atoms with E-state index >= 15 is 0 Å². The molecule has 1 aliphatic heterocycles. The number of benzene rings is 2. The average Bonchev–Trinajstić information content (AvgIpc) is 3.33. The molecule has 202 valence electrons. The smallest absolute Gasteiger partial charge is 0.209 e. The van der Waals surface area contributed by atoms with Crippen molar-refractivity contribution in [3.63, 3.8) is 0 Å². The Morgan fingerprint density at radius 3 is 2.27 bits per heavy atom. The van der Waals surface area contributed by atoms with Crippen LogP contribution in [0.2, 0.25) is 0 Å². The number of hydrogen-bond acceptors (Lipinski definition) is 6. The minimum absolute atomic E-state index is 0.522. The summed E-state index contributed by atoms with van der Waals surface area (Å²) in [5.41, 5.74) is 2.85. The number of hydrogen-bond donors (Lipinski definition) is 0. The van der Waals surface area contributed by atoms with E-state index in [1.54, 1.807) is 12.0 Å². The number of aldehydes is 1. The molecule has 37 heavy (non-hydrogen) atoms. The van der Waals surface area contributed by atoms with Crippen LogP contribution in [0, 0.1) is 6.92 Å². The van der Waals surface area contributed by atoms with Gasteiger partial charge in [-0.15, -0.1) is 0 Å². The number of ether oxygens (including phenoxy) is 1. The van der Waals surface area contributed by atoms with E-state index in [2.05, 4.69) is 30.7 Å². The van der Waals surface area contributed by atoms with Gasteiger partial charge >= 0.3 is 0 Å². The molecule has 0 aliphatic carbocycles. The molecule has 1 saturated heterocycles. The van der Waals surface area contributed by atoms with E-state index in [0.29, 0.717) is 6.04 Å². The molecule has 0 spiro atoms. The normalized spacial score (nSPS) is 14.5. The second-order valence-electron chi connectivity index (χ2n) is 9.39. The first kappa shape index (κ1) is 30.1. The Bertz CT molecular complexity index is 1070. The summed E-state index contributed by atoms with van der Waals surface area (Å²) in [5.74, 6) is 1.70. The summed E-state index contributed by atoms with van der Waals surface area (Å²) in [6.45, 7) is 11.6. The van der Waals surface area contributed by atoms with Gasteiger partial charge in [0.25, 0.3) is 0 Å². The van der Waals surface area contributed by atoms with Crippen LogP contribution in [0.5, 0.6) is 5.75 Å². The Morgan fingerprint density at radius 2 is 1.73 bits per heavy atom. The molecule has 0 bridgehead atoms. The molecule has 1 amide bonds. The van der Waals surface area contributed by atoms with Gasteiger partial charge in [0.1, 0.15) is 12.0 Å². The van der Waals surface area contributed by atoms with E-state index in [1.807, 2.05) is 62.5 Å². The van der Waals surface area contributed by atoms with Crippen molar-refractivity contribution in [3.05, 3.63) is 65.4 Å². The molecule has 2 heterocycles. The zero-order valence-electron chi connectivity index (χ0n) is 23.3. The lowest BCUT2D eigenvalue weighted by atomic mass is 10.1. The van der Waals surface area contributed by atoms with Crippen LogP contribution in [0.4, 0.5) is 0 Å². The topological polar surface area (TPSA) is 66.2 Å². The Kier molecular flexibility index (Phi) is 12.9. The van der Waals surface area contributed by atoms with Crippen LogP contribution >= 0.6 is 0 Å².